The summed E-state index contributed by atoms with van der Waals surface area (Å²) in [6.45, 7) is 0. The predicted molar refractivity (Wildman–Crippen MR) is 88.0 cm³/mol. The van der Waals surface area contributed by atoms with Crippen molar-refractivity contribution in [3.8, 4) is 5.69 Å². The van der Waals surface area contributed by atoms with Gasteiger partial charge in [-0.1, -0.05) is 12.1 Å². The third kappa shape index (κ3) is 4.15. The molecular formula is C15H10BrF3N4S. The van der Waals surface area contributed by atoms with Crippen LogP contribution in [-0.2, 0) is 6.42 Å². The van der Waals surface area contributed by atoms with Gasteiger partial charge in [-0.25, -0.2) is 0 Å². The third-order valence-electron chi connectivity index (χ3n) is 3.15. The standard InChI is InChI=1S/C15H10BrF3N4S/c16-13-8-20-9-14(23-21-5-6-22-23)12(13)7-10-1-3-11(4-2-10)24-15(17,18)19/h1-6,8-9H,7H2. The van der Waals surface area contributed by atoms with Gasteiger partial charge in [-0.05, 0) is 45.4 Å². The molecule has 0 spiro atoms. The van der Waals surface area contributed by atoms with E-state index in [0.29, 0.717) is 12.1 Å². The Hall–Kier alpha value is -1.87. The van der Waals surface area contributed by atoms with E-state index in [4.69, 9.17) is 0 Å². The van der Waals surface area contributed by atoms with Crippen LogP contribution < -0.4 is 0 Å². The largest absolute Gasteiger partial charge is 0.446 e. The van der Waals surface area contributed by atoms with Crippen molar-refractivity contribution in [2.45, 2.75) is 16.8 Å². The van der Waals surface area contributed by atoms with Crippen LogP contribution in [-0.4, -0.2) is 25.5 Å². The van der Waals surface area contributed by atoms with Gasteiger partial charge in [-0.3, -0.25) is 4.98 Å². The summed E-state index contributed by atoms with van der Waals surface area (Å²) in [6, 6.07) is 6.30. The number of benzene rings is 1. The maximum absolute atomic E-state index is 12.4. The van der Waals surface area contributed by atoms with E-state index in [0.717, 1.165) is 15.6 Å². The van der Waals surface area contributed by atoms with Crippen LogP contribution in [0.1, 0.15) is 11.1 Å². The molecule has 0 fully saturated rings. The molecule has 0 amide bonds. The third-order valence-corrected chi connectivity index (χ3v) is 4.58. The van der Waals surface area contributed by atoms with Crippen LogP contribution in [0, 0.1) is 0 Å². The molecule has 9 heteroatoms. The normalized spacial score (nSPS) is 11.7. The van der Waals surface area contributed by atoms with Crippen molar-refractivity contribution in [3.05, 3.63) is 64.7 Å². The zero-order valence-electron chi connectivity index (χ0n) is 12.0. The minimum atomic E-state index is -4.28. The van der Waals surface area contributed by atoms with Crippen LogP contribution >= 0.6 is 27.7 Å². The van der Waals surface area contributed by atoms with E-state index >= 15 is 0 Å². The fraction of sp³-hybridized carbons (Fsp3) is 0.133. The molecule has 0 saturated carbocycles. The molecule has 0 atom stereocenters. The number of halogens is 4. The number of alkyl halides is 3. The Kier molecular flexibility index (Phi) is 4.91. The number of thioether (sulfide) groups is 1. The number of hydrogen-bond donors (Lipinski definition) is 0. The summed E-state index contributed by atoms with van der Waals surface area (Å²) in [7, 11) is 0. The molecule has 1 aromatic carbocycles. The molecule has 4 nitrogen and oxygen atoms in total. The van der Waals surface area contributed by atoms with E-state index in [1.54, 1.807) is 36.9 Å². The Bertz CT molecular complexity index is 820. The monoisotopic (exact) mass is 414 g/mol. The zero-order valence-corrected chi connectivity index (χ0v) is 14.4. The highest BCUT2D eigenvalue weighted by atomic mass is 79.9. The second-order valence-electron chi connectivity index (χ2n) is 4.81. The lowest BCUT2D eigenvalue weighted by Gasteiger charge is -2.11. The average molecular weight is 415 g/mol. The Morgan fingerprint density at radius 3 is 2.33 bits per heavy atom. The molecule has 24 heavy (non-hydrogen) atoms. The van der Waals surface area contributed by atoms with E-state index in [-0.39, 0.29) is 16.7 Å². The van der Waals surface area contributed by atoms with E-state index in [9.17, 15) is 13.2 Å². The highest BCUT2D eigenvalue weighted by Crippen LogP contribution is 2.37. The van der Waals surface area contributed by atoms with Crippen LogP contribution in [0.15, 0.2) is 58.4 Å². The van der Waals surface area contributed by atoms with Crippen molar-refractivity contribution < 1.29 is 13.2 Å². The van der Waals surface area contributed by atoms with Crippen molar-refractivity contribution in [2.24, 2.45) is 0 Å². The second-order valence-corrected chi connectivity index (χ2v) is 6.80. The molecule has 0 saturated heterocycles. The molecule has 0 unspecified atom stereocenters. The summed E-state index contributed by atoms with van der Waals surface area (Å²) in [6.07, 6.45) is 6.95. The van der Waals surface area contributed by atoms with E-state index in [1.165, 1.54) is 16.9 Å². The van der Waals surface area contributed by atoms with Crippen molar-refractivity contribution in [1.82, 2.24) is 20.0 Å². The van der Waals surface area contributed by atoms with Gasteiger partial charge in [0.05, 0.1) is 18.6 Å². The lowest BCUT2D eigenvalue weighted by atomic mass is 10.1. The number of pyridine rings is 1. The topological polar surface area (TPSA) is 43.6 Å². The van der Waals surface area contributed by atoms with Crippen molar-refractivity contribution in [2.75, 3.05) is 0 Å². The summed E-state index contributed by atoms with van der Waals surface area (Å²) >= 11 is 3.34. The van der Waals surface area contributed by atoms with E-state index in [2.05, 4.69) is 31.1 Å². The van der Waals surface area contributed by atoms with Gasteiger partial charge in [0, 0.05) is 27.5 Å². The minimum Gasteiger partial charge on any atom is -0.261 e. The van der Waals surface area contributed by atoms with E-state index in [1.807, 2.05) is 0 Å². The first kappa shape index (κ1) is 17.0. The number of nitrogens with zero attached hydrogens (tertiary/aromatic N) is 4. The lowest BCUT2D eigenvalue weighted by molar-refractivity contribution is -0.0328. The average Bonchev–Trinajstić information content (AvgIpc) is 3.04. The Morgan fingerprint density at radius 2 is 1.71 bits per heavy atom. The molecule has 2 heterocycles. The van der Waals surface area contributed by atoms with Gasteiger partial charge in [0.1, 0.15) is 5.69 Å². The van der Waals surface area contributed by atoms with E-state index < -0.39 is 5.51 Å². The van der Waals surface area contributed by atoms with Gasteiger partial charge >= 0.3 is 5.51 Å². The quantitative estimate of drug-likeness (QED) is 0.583. The SMILES string of the molecule is FC(F)(F)Sc1ccc(Cc2c(Br)cncc2-n2nccn2)cc1. The van der Waals surface area contributed by atoms with Gasteiger partial charge in [-0.15, -0.1) is 4.80 Å². The molecule has 0 aliphatic rings. The zero-order chi connectivity index (χ0) is 17.2. The lowest BCUT2D eigenvalue weighted by Crippen LogP contribution is -2.05. The first-order valence-electron chi connectivity index (χ1n) is 6.76. The highest BCUT2D eigenvalue weighted by Gasteiger charge is 2.29. The van der Waals surface area contributed by atoms with Gasteiger partial charge in [-0.2, -0.15) is 23.4 Å². The Morgan fingerprint density at radius 1 is 1.04 bits per heavy atom. The van der Waals surface area contributed by atoms with Crippen LogP contribution in [0.2, 0.25) is 0 Å². The molecule has 124 valence electrons. The molecule has 0 radical (unpaired) electrons. The molecule has 3 aromatic rings. The first-order valence-corrected chi connectivity index (χ1v) is 8.37. The number of rotatable bonds is 4. The summed E-state index contributed by atoms with van der Waals surface area (Å²) in [4.78, 5) is 5.74. The van der Waals surface area contributed by atoms with Crippen LogP contribution in [0.4, 0.5) is 13.2 Å². The molecule has 0 aliphatic carbocycles. The number of aromatic nitrogens is 4. The van der Waals surface area contributed by atoms with Gasteiger partial charge < -0.3 is 0 Å². The van der Waals surface area contributed by atoms with Crippen molar-refractivity contribution in [1.29, 1.82) is 0 Å². The molecule has 0 aliphatic heterocycles. The fourth-order valence-corrected chi connectivity index (χ4v) is 3.15. The molecule has 2 aromatic heterocycles. The molecule has 3 rings (SSSR count). The van der Waals surface area contributed by atoms with Gasteiger partial charge in [0.15, 0.2) is 0 Å². The molecular weight excluding hydrogens is 405 g/mol. The maximum atomic E-state index is 12.4. The first-order chi connectivity index (χ1) is 11.4. The smallest absolute Gasteiger partial charge is 0.261 e. The molecule has 0 bridgehead atoms. The summed E-state index contributed by atoms with van der Waals surface area (Å²) in [5.74, 6) is 0. The summed E-state index contributed by atoms with van der Waals surface area (Å²) < 4.78 is 37.9. The Labute approximate surface area is 148 Å². The van der Waals surface area contributed by atoms with Crippen molar-refractivity contribution >= 4 is 27.7 Å². The summed E-state index contributed by atoms with van der Waals surface area (Å²) in [5, 5.41) is 8.20. The van der Waals surface area contributed by atoms with Gasteiger partial charge in [0.25, 0.3) is 0 Å². The maximum Gasteiger partial charge on any atom is 0.446 e. The van der Waals surface area contributed by atoms with Crippen LogP contribution in [0.5, 0.6) is 0 Å². The summed E-state index contributed by atoms with van der Waals surface area (Å²) in [5.41, 5.74) is -1.79. The highest BCUT2D eigenvalue weighted by molar-refractivity contribution is 9.10. The number of hydrogen-bond acceptors (Lipinski definition) is 4. The molecule has 0 N–H and O–H groups in total. The Balaban J connectivity index is 1.87. The second kappa shape index (κ2) is 6.94. The van der Waals surface area contributed by atoms with Crippen LogP contribution in [0.3, 0.4) is 0 Å². The van der Waals surface area contributed by atoms with Gasteiger partial charge in [0.2, 0.25) is 0 Å². The fourth-order valence-electron chi connectivity index (χ4n) is 2.15. The minimum absolute atomic E-state index is 0.123. The van der Waals surface area contributed by atoms with Crippen molar-refractivity contribution in [3.63, 3.8) is 0 Å². The van der Waals surface area contributed by atoms with Crippen LogP contribution in [0.25, 0.3) is 5.69 Å². The predicted octanol–water partition coefficient (Wildman–Crippen LogP) is 4.63.